The minimum Gasteiger partial charge on any atom is -0.369 e. The SMILES string of the molecule is N#Cc1ccc(N2CCN([C@H]3C=C(c4cc5scnc5c(=O)[nH]4)CC3)CC2)cc1. The van der Waals surface area contributed by atoms with Crippen LogP contribution in [0.5, 0.6) is 0 Å². The highest BCUT2D eigenvalue weighted by Crippen LogP contribution is 2.31. The second-order valence-corrected chi connectivity index (χ2v) is 8.44. The van der Waals surface area contributed by atoms with Crippen LogP contribution in [0.15, 0.2) is 46.7 Å². The standard InChI is InChI=1S/C22H21N5OS/c23-13-15-1-4-17(5-2-15)26-7-9-27(10-8-26)18-6-3-16(11-18)19-12-20-21(22(28)25-19)24-14-29-20/h1-2,4-5,11-12,14,18H,3,6-10H2,(H,25,28)/t18-/m1/s1. The summed E-state index contributed by atoms with van der Waals surface area (Å²) >= 11 is 1.51. The summed E-state index contributed by atoms with van der Waals surface area (Å²) in [6.07, 6.45) is 4.41. The van der Waals surface area contributed by atoms with Crippen molar-refractivity contribution in [2.24, 2.45) is 0 Å². The lowest BCUT2D eigenvalue weighted by molar-refractivity contribution is 0.214. The Morgan fingerprint density at radius 1 is 1.17 bits per heavy atom. The first-order chi connectivity index (χ1) is 14.2. The third-order valence-electron chi connectivity index (χ3n) is 5.93. The molecule has 5 rings (SSSR count). The van der Waals surface area contributed by atoms with E-state index in [2.05, 4.69) is 38.0 Å². The number of anilines is 1. The third-order valence-corrected chi connectivity index (χ3v) is 6.70. The van der Waals surface area contributed by atoms with Gasteiger partial charge in [0, 0.05) is 43.6 Å². The van der Waals surface area contributed by atoms with E-state index in [-0.39, 0.29) is 5.56 Å². The Bertz CT molecular complexity index is 1160. The fourth-order valence-corrected chi connectivity index (χ4v) is 5.04. The fraction of sp³-hybridized carbons (Fsp3) is 0.318. The van der Waals surface area contributed by atoms with E-state index < -0.39 is 0 Å². The molecule has 7 heteroatoms. The van der Waals surface area contributed by atoms with E-state index >= 15 is 0 Å². The Morgan fingerprint density at radius 3 is 2.72 bits per heavy atom. The molecule has 1 aliphatic carbocycles. The van der Waals surface area contributed by atoms with E-state index in [0.717, 1.165) is 49.4 Å². The summed E-state index contributed by atoms with van der Waals surface area (Å²) in [4.78, 5) is 24.3. The van der Waals surface area contributed by atoms with Crippen LogP contribution in [0.25, 0.3) is 15.8 Å². The summed E-state index contributed by atoms with van der Waals surface area (Å²) in [6, 6.07) is 12.5. The Hall–Kier alpha value is -2.95. The molecule has 1 fully saturated rings. The average Bonchev–Trinajstić information content (AvgIpc) is 3.44. The molecular formula is C22H21N5OS. The molecule has 0 saturated carbocycles. The van der Waals surface area contributed by atoms with Crippen LogP contribution in [-0.4, -0.2) is 47.1 Å². The van der Waals surface area contributed by atoms with Crippen molar-refractivity contribution in [2.45, 2.75) is 18.9 Å². The molecule has 1 atom stereocenters. The molecular weight excluding hydrogens is 382 g/mol. The summed E-state index contributed by atoms with van der Waals surface area (Å²) in [5.74, 6) is 0. The highest BCUT2D eigenvalue weighted by Gasteiger charge is 2.27. The summed E-state index contributed by atoms with van der Waals surface area (Å²) in [7, 11) is 0. The van der Waals surface area contributed by atoms with Gasteiger partial charge in [-0.2, -0.15) is 5.26 Å². The Morgan fingerprint density at radius 2 is 1.97 bits per heavy atom. The normalized spacial score (nSPS) is 20.0. The van der Waals surface area contributed by atoms with E-state index in [1.54, 1.807) is 5.51 Å². The Balaban J connectivity index is 1.27. The Kier molecular flexibility index (Phi) is 4.66. The van der Waals surface area contributed by atoms with Crippen LogP contribution in [0.3, 0.4) is 0 Å². The number of allylic oxidation sites excluding steroid dienone is 1. The first-order valence-electron chi connectivity index (χ1n) is 9.88. The molecule has 2 aliphatic rings. The number of aromatic nitrogens is 2. The summed E-state index contributed by atoms with van der Waals surface area (Å²) < 4.78 is 0.948. The zero-order valence-corrected chi connectivity index (χ0v) is 16.8. The molecule has 3 heterocycles. The minimum absolute atomic E-state index is 0.0980. The van der Waals surface area contributed by atoms with Crippen LogP contribution in [0, 0.1) is 11.3 Å². The van der Waals surface area contributed by atoms with E-state index in [1.165, 1.54) is 22.6 Å². The molecule has 6 nitrogen and oxygen atoms in total. The van der Waals surface area contributed by atoms with Gasteiger partial charge in [-0.15, -0.1) is 11.3 Å². The van der Waals surface area contributed by atoms with E-state index in [1.807, 2.05) is 24.3 Å². The van der Waals surface area contributed by atoms with E-state index in [9.17, 15) is 4.79 Å². The maximum absolute atomic E-state index is 12.2. The maximum atomic E-state index is 12.2. The zero-order valence-electron chi connectivity index (χ0n) is 16.0. The van der Waals surface area contributed by atoms with Crippen LogP contribution in [0.4, 0.5) is 5.69 Å². The first-order valence-corrected chi connectivity index (χ1v) is 10.8. The number of nitriles is 1. The van der Waals surface area contributed by atoms with Crippen molar-refractivity contribution in [3.63, 3.8) is 0 Å². The van der Waals surface area contributed by atoms with Gasteiger partial charge in [0.2, 0.25) is 0 Å². The number of H-pyrrole nitrogens is 1. The van der Waals surface area contributed by atoms with Crippen LogP contribution < -0.4 is 10.5 Å². The number of rotatable bonds is 3. The lowest BCUT2D eigenvalue weighted by atomic mass is 10.1. The molecule has 1 saturated heterocycles. The molecule has 29 heavy (non-hydrogen) atoms. The number of nitrogens with zero attached hydrogens (tertiary/aromatic N) is 4. The second-order valence-electron chi connectivity index (χ2n) is 7.56. The van der Waals surface area contributed by atoms with Gasteiger partial charge < -0.3 is 9.88 Å². The van der Waals surface area contributed by atoms with E-state index in [0.29, 0.717) is 17.1 Å². The lowest BCUT2D eigenvalue weighted by Crippen LogP contribution is -2.49. The molecule has 0 unspecified atom stereocenters. The number of fused-ring (bicyclic) bond motifs is 1. The van der Waals surface area contributed by atoms with Gasteiger partial charge in [0.25, 0.3) is 5.56 Å². The van der Waals surface area contributed by atoms with Gasteiger partial charge in [0.05, 0.1) is 21.8 Å². The molecule has 0 spiro atoms. The van der Waals surface area contributed by atoms with Gasteiger partial charge in [-0.05, 0) is 48.7 Å². The number of piperazine rings is 1. The molecule has 0 bridgehead atoms. The van der Waals surface area contributed by atoms with Gasteiger partial charge in [-0.1, -0.05) is 6.08 Å². The van der Waals surface area contributed by atoms with Crippen molar-refractivity contribution < 1.29 is 0 Å². The molecule has 0 amide bonds. The fourth-order valence-electron chi connectivity index (χ4n) is 4.32. The van der Waals surface area contributed by atoms with Crippen molar-refractivity contribution in [3.05, 3.63) is 63.5 Å². The van der Waals surface area contributed by atoms with Crippen LogP contribution >= 0.6 is 11.3 Å². The molecule has 2 aromatic heterocycles. The quantitative estimate of drug-likeness (QED) is 0.727. The monoisotopic (exact) mass is 403 g/mol. The molecule has 0 radical (unpaired) electrons. The largest absolute Gasteiger partial charge is 0.369 e. The van der Waals surface area contributed by atoms with Crippen LogP contribution in [-0.2, 0) is 0 Å². The topological polar surface area (TPSA) is 76.0 Å². The van der Waals surface area contributed by atoms with Gasteiger partial charge in [0.1, 0.15) is 5.52 Å². The van der Waals surface area contributed by atoms with Crippen molar-refractivity contribution in [3.8, 4) is 6.07 Å². The van der Waals surface area contributed by atoms with Gasteiger partial charge >= 0.3 is 0 Å². The van der Waals surface area contributed by atoms with Gasteiger partial charge in [0.15, 0.2) is 0 Å². The summed E-state index contributed by atoms with van der Waals surface area (Å²) in [6.45, 7) is 3.99. The molecule has 3 aromatic rings. The second kappa shape index (κ2) is 7.47. The van der Waals surface area contributed by atoms with Crippen LogP contribution in [0.2, 0.25) is 0 Å². The molecule has 146 valence electrons. The number of hydrogen-bond donors (Lipinski definition) is 1. The summed E-state index contributed by atoms with van der Waals surface area (Å²) in [5.41, 5.74) is 6.21. The van der Waals surface area contributed by atoms with Crippen LogP contribution in [0.1, 0.15) is 24.1 Å². The predicted octanol–water partition coefficient (Wildman–Crippen LogP) is 3.22. The first kappa shape index (κ1) is 18.1. The Labute approximate surface area is 172 Å². The zero-order chi connectivity index (χ0) is 19.8. The third kappa shape index (κ3) is 3.46. The molecule has 1 aliphatic heterocycles. The van der Waals surface area contributed by atoms with Gasteiger partial charge in [-0.3, -0.25) is 9.69 Å². The lowest BCUT2D eigenvalue weighted by Gasteiger charge is -2.38. The summed E-state index contributed by atoms with van der Waals surface area (Å²) in [5, 5.41) is 8.96. The van der Waals surface area contributed by atoms with Crippen molar-refractivity contribution in [1.82, 2.24) is 14.9 Å². The number of nitrogens with one attached hydrogen (secondary N) is 1. The smallest absolute Gasteiger partial charge is 0.275 e. The number of aromatic amines is 1. The highest BCUT2D eigenvalue weighted by atomic mass is 32.1. The number of benzene rings is 1. The number of pyridine rings is 1. The molecule has 1 aromatic carbocycles. The predicted molar refractivity (Wildman–Crippen MR) is 116 cm³/mol. The number of thiazole rings is 1. The minimum atomic E-state index is -0.0980. The number of hydrogen-bond acceptors (Lipinski definition) is 6. The van der Waals surface area contributed by atoms with Gasteiger partial charge in [-0.25, -0.2) is 4.98 Å². The van der Waals surface area contributed by atoms with Crippen molar-refractivity contribution >= 4 is 32.8 Å². The average molecular weight is 404 g/mol. The van der Waals surface area contributed by atoms with Crippen molar-refractivity contribution in [1.29, 1.82) is 5.26 Å². The maximum Gasteiger partial charge on any atom is 0.275 e. The molecule has 1 N–H and O–H groups in total. The van der Waals surface area contributed by atoms with Crippen molar-refractivity contribution in [2.75, 3.05) is 31.1 Å². The van der Waals surface area contributed by atoms with E-state index in [4.69, 9.17) is 5.26 Å². The highest BCUT2D eigenvalue weighted by molar-refractivity contribution is 7.16.